The highest BCUT2D eigenvalue weighted by molar-refractivity contribution is 9.10. The van der Waals surface area contributed by atoms with E-state index in [1.807, 2.05) is 0 Å². The van der Waals surface area contributed by atoms with E-state index in [1.54, 1.807) is 6.07 Å². The number of carbonyl (C=O) groups excluding carboxylic acids is 1. The van der Waals surface area contributed by atoms with Gasteiger partial charge in [0.2, 0.25) is 6.10 Å². The highest BCUT2D eigenvalue weighted by Crippen LogP contribution is 2.20. The molecule has 100 valence electrons. The molecular formula is C11H8BrFN2O4. The largest absolute Gasteiger partial charge is 0.477 e. The first-order valence-corrected chi connectivity index (χ1v) is 5.98. The fraction of sp³-hybridized carbons (Fsp3) is 0.182. The Bertz CT molecular complexity index is 576. The summed E-state index contributed by atoms with van der Waals surface area (Å²) in [6.07, 6.45) is -1.21. The molecule has 1 amide bonds. The number of anilines is 1. The third-order valence-electron chi connectivity index (χ3n) is 2.40. The van der Waals surface area contributed by atoms with Crippen molar-refractivity contribution in [1.82, 2.24) is 0 Å². The van der Waals surface area contributed by atoms with Crippen LogP contribution >= 0.6 is 15.9 Å². The molecule has 0 radical (unpaired) electrons. The van der Waals surface area contributed by atoms with Crippen LogP contribution in [0.5, 0.6) is 0 Å². The van der Waals surface area contributed by atoms with Gasteiger partial charge in [-0.2, -0.15) is 0 Å². The summed E-state index contributed by atoms with van der Waals surface area (Å²) in [6, 6.07) is 4.14. The van der Waals surface area contributed by atoms with Gasteiger partial charge in [-0.3, -0.25) is 4.79 Å². The van der Waals surface area contributed by atoms with Gasteiger partial charge in [-0.1, -0.05) is 21.1 Å². The number of nitrogens with one attached hydrogen (secondary N) is 1. The van der Waals surface area contributed by atoms with Crippen LogP contribution in [-0.4, -0.2) is 28.8 Å². The Labute approximate surface area is 115 Å². The number of benzene rings is 1. The van der Waals surface area contributed by atoms with Gasteiger partial charge in [-0.15, -0.1) is 0 Å². The van der Waals surface area contributed by atoms with Crippen LogP contribution in [0, 0.1) is 5.82 Å². The molecule has 2 N–H and O–H groups in total. The van der Waals surface area contributed by atoms with Gasteiger partial charge >= 0.3 is 5.97 Å². The van der Waals surface area contributed by atoms with Gasteiger partial charge in [-0.25, -0.2) is 9.18 Å². The molecule has 1 aliphatic rings. The van der Waals surface area contributed by atoms with Crippen molar-refractivity contribution in [2.24, 2.45) is 5.16 Å². The lowest BCUT2D eigenvalue weighted by atomic mass is 10.1. The number of aliphatic carboxylic acids is 1. The van der Waals surface area contributed by atoms with E-state index < -0.39 is 23.8 Å². The van der Waals surface area contributed by atoms with E-state index in [2.05, 4.69) is 31.2 Å². The maximum Gasteiger partial charge on any atom is 0.353 e. The van der Waals surface area contributed by atoms with E-state index in [0.717, 1.165) is 0 Å². The van der Waals surface area contributed by atoms with Crippen molar-refractivity contribution < 1.29 is 23.9 Å². The Hall–Kier alpha value is -1.96. The first-order valence-electron chi connectivity index (χ1n) is 5.19. The van der Waals surface area contributed by atoms with Gasteiger partial charge < -0.3 is 15.3 Å². The molecule has 1 heterocycles. The number of nitrogens with zero attached hydrogens (tertiary/aromatic N) is 1. The molecule has 1 unspecified atom stereocenters. The highest BCUT2D eigenvalue weighted by Gasteiger charge is 2.31. The van der Waals surface area contributed by atoms with E-state index in [0.29, 0.717) is 4.47 Å². The van der Waals surface area contributed by atoms with Crippen molar-refractivity contribution in [2.75, 3.05) is 5.32 Å². The number of hydrogen-bond donors (Lipinski definition) is 2. The summed E-state index contributed by atoms with van der Waals surface area (Å²) >= 11 is 3.09. The molecule has 0 aliphatic carbocycles. The van der Waals surface area contributed by atoms with Crippen molar-refractivity contribution in [3.05, 3.63) is 28.5 Å². The molecule has 1 atom stereocenters. The van der Waals surface area contributed by atoms with Gasteiger partial charge in [0, 0.05) is 10.9 Å². The molecule has 0 spiro atoms. The normalized spacial score (nSPS) is 17.6. The van der Waals surface area contributed by atoms with Crippen LogP contribution in [0.3, 0.4) is 0 Å². The van der Waals surface area contributed by atoms with E-state index in [4.69, 9.17) is 5.11 Å². The monoisotopic (exact) mass is 330 g/mol. The topological polar surface area (TPSA) is 88.0 Å². The fourth-order valence-corrected chi connectivity index (χ4v) is 1.78. The molecule has 6 nitrogen and oxygen atoms in total. The SMILES string of the molecule is O=C(O)C1=NOC(C(=O)Nc2ccc(Br)cc2F)C1. The summed E-state index contributed by atoms with van der Waals surface area (Å²) < 4.78 is 14.0. The number of rotatable bonds is 3. The average Bonchev–Trinajstić information content (AvgIpc) is 2.82. The van der Waals surface area contributed by atoms with Gasteiger partial charge in [0.1, 0.15) is 5.82 Å². The number of amides is 1. The molecule has 19 heavy (non-hydrogen) atoms. The summed E-state index contributed by atoms with van der Waals surface area (Å²) in [5.41, 5.74) is -0.253. The fourth-order valence-electron chi connectivity index (χ4n) is 1.45. The standard InChI is InChI=1S/C11H8BrFN2O4/c12-5-1-2-7(6(13)3-5)14-10(16)9-4-8(11(17)18)15-19-9/h1-3,9H,4H2,(H,14,16)(H,17,18). The van der Waals surface area contributed by atoms with Gasteiger partial charge in [-0.05, 0) is 18.2 Å². The van der Waals surface area contributed by atoms with Crippen molar-refractivity contribution >= 4 is 39.2 Å². The average molecular weight is 331 g/mol. The van der Waals surface area contributed by atoms with Crippen LogP contribution in [0.15, 0.2) is 27.8 Å². The van der Waals surface area contributed by atoms with Crippen LogP contribution in [-0.2, 0) is 14.4 Å². The first-order chi connectivity index (χ1) is 8.97. The Morgan fingerprint density at radius 3 is 2.84 bits per heavy atom. The van der Waals surface area contributed by atoms with Crippen LogP contribution < -0.4 is 5.32 Å². The Morgan fingerprint density at radius 1 is 1.53 bits per heavy atom. The predicted octanol–water partition coefficient (Wildman–Crippen LogP) is 1.76. The number of carboxylic acids is 1. The summed E-state index contributed by atoms with van der Waals surface area (Å²) in [5, 5.41) is 14.3. The Kier molecular flexibility index (Phi) is 3.79. The molecule has 0 aromatic heterocycles. The Morgan fingerprint density at radius 2 is 2.26 bits per heavy atom. The van der Waals surface area contributed by atoms with Crippen molar-refractivity contribution in [1.29, 1.82) is 0 Å². The molecule has 0 bridgehead atoms. The lowest BCUT2D eigenvalue weighted by Gasteiger charge is -2.10. The number of carboxylic acid groups (broad SMARTS) is 1. The van der Waals surface area contributed by atoms with E-state index in [-0.39, 0.29) is 17.8 Å². The first kappa shape index (κ1) is 13.5. The molecule has 0 saturated heterocycles. The molecule has 1 aromatic rings. The second kappa shape index (κ2) is 5.35. The van der Waals surface area contributed by atoms with Crippen LogP contribution in [0.2, 0.25) is 0 Å². The minimum atomic E-state index is -1.25. The number of oxime groups is 1. The molecule has 8 heteroatoms. The number of carbonyl (C=O) groups is 2. The van der Waals surface area contributed by atoms with Gasteiger partial charge in [0.15, 0.2) is 5.71 Å². The highest BCUT2D eigenvalue weighted by atomic mass is 79.9. The zero-order chi connectivity index (χ0) is 14.0. The zero-order valence-corrected chi connectivity index (χ0v) is 11.0. The second-order valence-electron chi connectivity index (χ2n) is 3.75. The minimum absolute atomic E-state index is 0.0134. The van der Waals surface area contributed by atoms with Crippen molar-refractivity contribution in [3.63, 3.8) is 0 Å². The number of halogens is 2. The van der Waals surface area contributed by atoms with E-state index in [1.165, 1.54) is 12.1 Å². The smallest absolute Gasteiger partial charge is 0.353 e. The molecular weight excluding hydrogens is 323 g/mol. The molecule has 2 rings (SSSR count). The van der Waals surface area contributed by atoms with Crippen LogP contribution in [0.25, 0.3) is 0 Å². The lowest BCUT2D eigenvalue weighted by molar-refractivity contribution is -0.129. The molecule has 1 aromatic carbocycles. The molecule has 0 fully saturated rings. The van der Waals surface area contributed by atoms with Crippen LogP contribution in [0.4, 0.5) is 10.1 Å². The van der Waals surface area contributed by atoms with Crippen molar-refractivity contribution in [3.8, 4) is 0 Å². The summed E-state index contributed by atoms with van der Waals surface area (Å²) in [7, 11) is 0. The van der Waals surface area contributed by atoms with Gasteiger partial charge in [0.05, 0.1) is 5.69 Å². The maximum atomic E-state index is 13.5. The van der Waals surface area contributed by atoms with Gasteiger partial charge in [0.25, 0.3) is 5.91 Å². The summed E-state index contributed by atoms with van der Waals surface area (Å²) in [6.45, 7) is 0. The summed E-state index contributed by atoms with van der Waals surface area (Å²) in [4.78, 5) is 27.0. The molecule has 1 aliphatic heterocycles. The summed E-state index contributed by atoms with van der Waals surface area (Å²) in [5.74, 6) is -2.51. The van der Waals surface area contributed by atoms with E-state index >= 15 is 0 Å². The van der Waals surface area contributed by atoms with Crippen molar-refractivity contribution in [2.45, 2.75) is 12.5 Å². The third-order valence-corrected chi connectivity index (χ3v) is 2.89. The zero-order valence-electron chi connectivity index (χ0n) is 9.39. The predicted molar refractivity (Wildman–Crippen MR) is 67.3 cm³/mol. The van der Waals surface area contributed by atoms with E-state index in [9.17, 15) is 14.0 Å². The lowest BCUT2D eigenvalue weighted by Crippen LogP contribution is -2.29. The minimum Gasteiger partial charge on any atom is -0.477 e. The quantitative estimate of drug-likeness (QED) is 0.883. The Balaban J connectivity index is 2.01. The molecule has 0 saturated carbocycles. The third kappa shape index (κ3) is 3.08. The maximum absolute atomic E-state index is 13.5. The van der Waals surface area contributed by atoms with Crippen LogP contribution in [0.1, 0.15) is 6.42 Å². The number of hydrogen-bond acceptors (Lipinski definition) is 4. The second-order valence-corrected chi connectivity index (χ2v) is 4.67.